The van der Waals surface area contributed by atoms with Gasteiger partial charge in [0.15, 0.2) is 27.9 Å². The molecule has 1 heterocycles. The van der Waals surface area contributed by atoms with Crippen molar-refractivity contribution >= 4 is 38.9 Å². The molecule has 1 aliphatic rings. The van der Waals surface area contributed by atoms with Gasteiger partial charge in [-0.05, 0) is 41.8 Å². The van der Waals surface area contributed by atoms with Crippen LogP contribution >= 0.6 is 23.2 Å². The summed E-state index contributed by atoms with van der Waals surface area (Å²) in [5.41, 5.74) is 2.63. The number of carbonyl (C=O) groups excluding carboxylic acids is 1. The highest BCUT2D eigenvalue weighted by Crippen LogP contribution is 2.31. The second-order valence-corrected chi connectivity index (χ2v) is 11.4. The zero-order chi connectivity index (χ0) is 25.0. The maximum absolute atomic E-state index is 13.2. The lowest BCUT2D eigenvalue weighted by Crippen LogP contribution is -2.43. The van der Waals surface area contributed by atoms with E-state index in [-0.39, 0.29) is 30.6 Å². The summed E-state index contributed by atoms with van der Waals surface area (Å²) in [6.45, 7) is 0.0400. The molecular formula is C26H25Cl2NO5S. The topological polar surface area (TPSA) is 72.9 Å². The highest BCUT2D eigenvalue weighted by molar-refractivity contribution is 7.91. The molecule has 3 aromatic rings. The second kappa shape index (κ2) is 10.9. The third kappa shape index (κ3) is 6.28. The van der Waals surface area contributed by atoms with Crippen LogP contribution in [0.15, 0.2) is 66.7 Å². The van der Waals surface area contributed by atoms with Gasteiger partial charge in [-0.2, -0.15) is 0 Å². The predicted octanol–water partition coefficient (Wildman–Crippen LogP) is 5.26. The maximum atomic E-state index is 13.2. The van der Waals surface area contributed by atoms with Gasteiger partial charge < -0.3 is 14.4 Å². The molecule has 1 amide bonds. The van der Waals surface area contributed by atoms with Gasteiger partial charge in [-0.3, -0.25) is 4.79 Å². The van der Waals surface area contributed by atoms with Gasteiger partial charge in [0.2, 0.25) is 0 Å². The number of ether oxygens (including phenoxy) is 2. The number of hydrogen-bond donors (Lipinski definition) is 0. The number of nitrogens with zero attached hydrogens (tertiary/aromatic N) is 1. The minimum atomic E-state index is -3.18. The second-order valence-electron chi connectivity index (χ2n) is 8.34. The molecule has 9 heteroatoms. The predicted molar refractivity (Wildman–Crippen MR) is 138 cm³/mol. The van der Waals surface area contributed by atoms with Crippen molar-refractivity contribution in [1.82, 2.24) is 4.90 Å². The Hall–Kier alpha value is -2.74. The molecule has 1 unspecified atom stereocenters. The van der Waals surface area contributed by atoms with Crippen LogP contribution in [-0.2, 0) is 21.2 Å². The number of sulfone groups is 1. The van der Waals surface area contributed by atoms with Crippen LogP contribution in [0.4, 0.5) is 0 Å². The summed E-state index contributed by atoms with van der Waals surface area (Å²) in [7, 11) is -1.65. The summed E-state index contributed by atoms with van der Waals surface area (Å²) in [5, 5.41) is 1.11. The Kier molecular flexibility index (Phi) is 7.89. The molecule has 6 nitrogen and oxygen atoms in total. The van der Waals surface area contributed by atoms with Crippen LogP contribution < -0.4 is 9.47 Å². The number of hydrogen-bond acceptors (Lipinski definition) is 5. The first-order chi connectivity index (χ1) is 16.8. The summed E-state index contributed by atoms with van der Waals surface area (Å²) in [6, 6.07) is 19.6. The third-order valence-electron chi connectivity index (χ3n) is 5.94. The fourth-order valence-electron chi connectivity index (χ4n) is 4.11. The highest BCUT2D eigenvalue weighted by Gasteiger charge is 2.35. The van der Waals surface area contributed by atoms with Crippen LogP contribution in [0.1, 0.15) is 12.0 Å². The monoisotopic (exact) mass is 533 g/mol. The van der Waals surface area contributed by atoms with E-state index < -0.39 is 15.9 Å². The zero-order valence-corrected chi connectivity index (χ0v) is 21.4. The molecule has 1 aliphatic heterocycles. The number of benzene rings is 3. The summed E-state index contributed by atoms with van der Waals surface area (Å²) in [5.74, 6) is 0.704. The Bertz CT molecular complexity index is 1310. The Labute approximate surface area is 215 Å². The molecule has 0 radical (unpaired) electrons. The van der Waals surface area contributed by atoms with Crippen LogP contribution in [0.2, 0.25) is 10.0 Å². The van der Waals surface area contributed by atoms with E-state index in [1.165, 1.54) is 7.11 Å². The van der Waals surface area contributed by atoms with Gasteiger partial charge in [0, 0.05) is 28.2 Å². The summed E-state index contributed by atoms with van der Waals surface area (Å²) < 4.78 is 35.3. The summed E-state index contributed by atoms with van der Waals surface area (Å²) >= 11 is 12.3. The standard InChI is InChI=1S/C26H25Cl2NO5S/c1-33-24-4-2-3-5-25(24)34-16-26(30)29(21-12-13-35(31,32)17-21)15-18-6-8-19(9-7-18)22-11-10-20(27)14-23(22)28/h2-11,14,21H,12-13,15-17H2,1H3. The van der Waals surface area contributed by atoms with Gasteiger partial charge in [-0.15, -0.1) is 0 Å². The van der Waals surface area contributed by atoms with Crippen molar-refractivity contribution in [1.29, 1.82) is 0 Å². The van der Waals surface area contributed by atoms with E-state index >= 15 is 0 Å². The smallest absolute Gasteiger partial charge is 0.261 e. The number of methoxy groups -OCH3 is 1. The molecule has 0 N–H and O–H groups in total. The Morgan fingerprint density at radius 2 is 1.74 bits per heavy atom. The SMILES string of the molecule is COc1ccccc1OCC(=O)N(Cc1ccc(-c2ccc(Cl)cc2Cl)cc1)C1CCS(=O)(=O)C1. The first-order valence-electron chi connectivity index (χ1n) is 11.1. The molecule has 0 aromatic heterocycles. The fourth-order valence-corrected chi connectivity index (χ4v) is 6.36. The number of halogens is 2. The van der Waals surface area contributed by atoms with E-state index in [1.54, 1.807) is 35.2 Å². The summed E-state index contributed by atoms with van der Waals surface area (Å²) in [6.07, 6.45) is 0.404. The average molecular weight is 534 g/mol. The van der Waals surface area contributed by atoms with E-state index in [0.717, 1.165) is 16.7 Å². The zero-order valence-electron chi connectivity index (χ0n) is 19.1. The van der Waals surface area contributed by atoms with Crippen molar-refractivity contribution in [3.63, 3.8) is 0 Å². The van der Waals surface area contributed by atoms with Crippen LogP contribution in [-0.4, -0.2) is 50.5 Å². The number of rotatable bonds is 8. The lowest BCUT2D eigenvalue weighted by molar-refractivity contribution is -0.136. The van der Waals surface area contributed by atoms with Crippen LogP contribution in [0, 0.1) is 0 Å². The van der Waals surface area contributed by atoms with Crippen molar-refractivity contribution in [3.05, 3.63) is 82.3 Å². The minimum absolute atomic E-state index is 0.0497. The Balaban J connectivity index is 1.52. The van der Waals surface area contributed by atoms with E-state index in [9.17, 15) is 13.2 Å². The van der Waals surface area contributed by atoms with E-state index in [1.807, 2.05) is 36.4 Å². The van der Waals surface area contributed by atoms with Gasteiger partial charge in [-0.25, -0.2) is 8.42 Å². The van der Waals surface area contributed by atoms with Crippen LogP contribution in [0.5, 0.6) is 11.5 Å². The van der Waals surface area contributed by atoms with Gasteiger partial charge in [0.05, 0.1) is 18.6 Å². The molecule has 4 rings (SSSR count). The minimum Gasteiger partial charge on any atom is -0.493 e. The van der Waals surface area contributed by atoms with Crippen molar-refractivity contribution < 1.29 is 22.7 Å². The molecule has 0 bridgehead atoms. The van der Waals surface area contributed by atoms with Gasteiger partial charge in [0.25, 0.3) is 5.91 Å². The molecule has 0 spiro atoms. The van der Waals surface area contributed by atoms with Gasteiger partial charge in [-0.1, -0.05) is 65.7 Å². The van der Waals surface area contributed by atoms with Crippen molar-refractivity contribution in [2.75, 3.05) is 25.2 Å². The molecule has 1 atom stereocenters. The number of para-hydroxylation sites is 2. The first-order valence-corrected chi connectivity index (χ1v) is 13.6. The fraction of sp³-hybridized carbons (Fsp3) is 0.269. The molecule has 1 saturated heterocycles. The Morgan fingerprint density at radius 1 is 1.03 bits per heavy atom. The molecule has 0 aliphatic carbocycles. The number of carbonyl (C=O) groups is 1. The largest absolute Gasteiger partial charge is 0.493 e. The quantitative estimate of drug-likeness (QED) is 0.394. The lowest BCUT2D eigenvalue weighted by atomic mass is 10.0. The summed E-state index contributed by atoms with van der Waals surface area (Å²) in [4.78, 5) is 14.8. The van der Waals surface area contributed by atoms with Gasteiger partial charge in [0.1, 0.15) is 0 Å². The van der Waals surface area contributed by atoms with E-state index in [2.05, 4.69) is 0 Å². The lowest BCUT2D eigenvalue weighted by Gasteiger charge is -2.28. The first kappa shape index (κ1) is 25.4. The van der Waals surface area contributed by atoms with Crippen LogP contribution in [0.25, 0.3) is 11.1 Å². The third-order valence-corrected chi connectivity index (χ3v) is 8.24. The molecule has 184 valence electrons. The molecule has 1 fully saturated rings. The van der Waals surface area contributed by atoms with E-state index in [4.69, 9.17) is 32.7 Å². The average Bonchev–Trinajstić information content (AvgIpc) is 3.21. The Morgan fingerprint density at radius 3 is 2.37 bits per heavy atom. The normalized spacial score (nSPS) is 16.6. The number of amides is 1. The van der Waals surface area contributed by atoms with Crippen LogP contribution in [0.3, 0.4) is 0 Å². The van der Waals surface area contributed by atoms with Crippen molar-refractivity contribution in [3.8, 4) is 22.6 Å². The molecule has 35 heavy (non-hydrogen) atoms. The maximum Gasteiger partial charge on any atom is 0.261 e. The van der Waals surface area contributed by atoms with Crippen molar-refractivity contribution in [2.45, 2.75) is 19.0 Å². The molecule has 3 aromatic carbocycles. The van der Waals surface area contributed by atoms with E-state index in [0.29, 0.717) is 28.0 Å². The van der Waals surface area contributed by atoms with Crippen molar-refractivity contribution in [2.24, 2.45) is 0 Å². The highest BCUT2D eigenvalue weighted by atomic mass is 35.5. The van der Waals surface area contributed by atoms with Gasteiger partial charge >= 0.3 is 0 Å². The molecule has 0 saturated carbocycles. The molecular weight excluding hydrogens is 509 g/mol.